The molecule has 5 nitrogen and oxygen atoms in total. The maximum atomic E-state index is 12.5. The van der Waals surface area contributed by atoms with E-state index in [2.05, 4.69) is 10.2 Å². The molecular weight excluding hydrogens is 316 g/mol. The lowest BCUT2D eigenvalue weighted by molar-refractivity contribution is 0.0592. The molecule has 0 bridgehead atoms. The largest absolute Gasteiger partial charge is 0.464 e. The highest BCUT2D eigenvalue weighted by molar-refractivity contribution is 5.98. The number of carbonyl (C=O) groups excluding carboxylic acids is 2. The second-order valence-electron chi connectivity index (χ2n) is 5.41. The minimum atomic E-state index is -0.564. The Bertz CT molecular complexity index is 893. The lowest BCUT2D eigenvalue weighted by Gasteiger charge is -2.09. The summed E-state index contributed by atoms with van der Waals surface area (Å²) in [5.41, 5.74) is 2.80. The summed E-state index contributed by atoms with van der Waals surface area (Å²) in [4.78, 5) is 24.3. The van der Waals surface area contributed by atoms with E-state index in [1.807, 2.05) is 48.5 Å². The number of methoxy groups -OCH3 is 1. The first kappa shape index (κ1) is 16.5. The van der Waals surface area contributed by atoms with Crippen molar-refractivity contribution in [3.8, 4) is 11.1 Å². The molecule has 3 aromatic rings. The van der Waals surface area contributed by atoms with Crippen molar-refractivity contribution in [2.45, 2.75) is 6.42 Å². The monoisotopic (exact) mass is 332 g/mol. The second-order valence-corrected chi connectivity index (χ2v) is 5.41. The van der Waals surface area contributed by atoms with E-state index >= 15 is 0 Å². The predicted molar refractivity (Wildman–Crippen MR) is 93.3 cm³/mol. The molecule has 124 valence electrons. The number of Topliss-reactive ketones (excluding diaryl/α,β-unsaturated/α-hetero) is 1. The fourth-order valence-electron chi connectivity index (χ4n) is 2.50. The molecule has 25 heavy (non-hydrogen) atoms. The topological polar surface area (TPSA) is 69.2 Å². The number of hydrogen-bond acceptors (Lipinski definition) is 5. The molecule has 2 aromatic carbocycles. The first-order valence-electron chi connectivity index (χ1n) is 7.77. The highest BCUT2D eigenvalue weighted by Crippen LogP contribution is 2.24. The standard InChI is InChI=1S/C20H16N2O3/c1-25-20(24)18-12-16(14-8-4-2-5-9-14)17(21-22-18)13-19(23)15-10-6-3-7-11-15/h2-12H,13H2,1H3. The minimum Gasteiger partial charge on any atom is -0.464 e. The number of nitrogens with zero attached hydrogens (tertiary/aromatic N) is 2. The van der Waals surface area contributed by atoms with Gasteiger partial charge in [0, 0.05) is 11.1 Å². The molecule has 0 saturated carbocycles. The van der Waals surface area contributed by atoms with E-state index in [-0.39, 0.29) is 17.9 Å². The van der Waals surface area contributed by atoms with Crippen molar-refractivity contribution < 1.29 is 14.3 Å². The Hall–Kier alpha value is -3.34. The molecule has 0 unspecified atom stereocenters. The molecule has 3 rings (SSSR count). The zero-order valence-corrected chi connectivity index (χ0v) is 13.7. The zero-order chi connectivity index (χ0) is 17.6. The first-order valence-corrected chi connectivity index (χ1v) is 7.77. The summed E-state index contributed by atoms with van der Waals surface area (Å²) in [6.45, 7) is 0. The molecule has 0 radical (unpaired) electrons. The number of ether oxygens (including phenoxy) is 1. The molecule has 0 saturated heterocycles. The molecule has 0 aliphatic carbocycles. The van der Waals surface area contributed by atoms with E-state index in [9.17, 15) is 9.59 Å². The van der Waals surface area contributed by atoms with Crippen LogP contribution in [-0.4, -0.2) is 29.1 Å². The van der Waals surface area contributed by atoms with Crippen molar-refractivity contribution in [2.24, 2.45) is 0 Å². The first-order chi connectivity index (χ1) is 12.2. The number of aromatic nitrogens is 2. The SMILES string of the molecule is COC(=O)c1cc(-c2ccccc2)c(CC(=O)c2ccccc2)nn1. The van der Waals surface area contributed by atoms with Crippen LogP contribution in [0, 0.1) is 0 Å². The van der Waals surface area contributed by atoms with Gasteiger partial charge in [-0.05, 0) is 11.6 Å². The van der Waals surface area contributed by atoms with Crippen LogP contribution in [-0.2, 0) is 11.2 Å². The van der Waals surface area contributed by atoms with Crippen molar-refractivity contribution in [3.63, 3.8) is 0 Å². The fourth-order valence-corrected chi connectivity index (χ4v) is 2.50. The molecule has 0 aliphatic rings. The summed E-state index contributed by atoms with van der Waals surface area (Å²) in [6, 6.07) is 20.1. The average Bonchev–Trinajstić information content (AvgIpc) is 2.69. The van der Waals surface area contributed by atoms with E-state index in [1.165, 1.54) is 7.11 Å². The van der Waals surface area contributed by atoms with Gasteiger partial charge in [0.2, 0.25) is 0 Å². The number of benzene rings is 2. The van der Waals surface area contributed by atoms with Crippen LogP contribution in [0.4, 0.5) is 0 Å². The van der Waals surface area contributed by atoms with Crippen LogP contribution < -0.4 is 0 Å². The maximum Gasteiger partial charge on any atom is 0.358 e. The van der Waals surface area contributed by atoms with Gasteiger partial charge in [-0.1, -0.05) is 60.7 Å². The van der Waals surface area contributed by atoms with E-state index in [4.69, 9.17) is 4.74 Å². The third-order valence-corrected chi connectivity index (χ3v) is 3.77. The van der Waals surface area contributed by atoms with Gasteiger partial charge < -0.3 is 4.74 Å². The Morgan fingerprint density at radius 3 is 2.20 bits per heavy atom. The number of rotatable bonds is 5. The summed E-state index contributed by atoms with van der Waals surface area (Å²) in [7, 11) is 1.29. The van der Waals surface area contributed by atoms with Gasteiger partial charge in [-0.25, -0.2) is 4.79 Å². The number of esters is 1. The smallest absolute Gasteiger partial charge is 0.358 e. The van der Waals surface area contributed by atoms with Gasteiger partial charge >= 0.3 is 5.97 Å². The Morgan fingerprint density at radius 1 is 0.920 bits per heavy atom. The van der Waals surface area contributed by atoms with Crippen LogP contribution in [0.15, 0.2) is 66.7 Å². The Kier molecular flexibility index (Phi) is 4.95. The number of ketones is 1. The summed E-state index contributed by atoms with van der Waals surface area (Å²) in [5, 5.41) is 8.02. The van der Waals surface area contributed by atoms with Crippen molar-refractivity contribution >= 4 is 11.8 Å². The predicted octanol–water partition coefficient (Wildman–Crippen LogP) is 3.36. The summed E-state index contributed by atoms with van der Waals surface area (Å²) in [5.74, 6) is -0.622. The van der Waals surface area contributed by atoms with Crippen LogP contribution in [0.3, 0.4) is 0 Å². The van der Waals surface area contributed by atoms with Crippen LogP contribution >= 0.6 is 0 Å². The highest BCUT2D eigenvalue weighted by Gasteiger charge is 2.17. The third kappa shape index (κ3) is 3.77. The third-order valence-electron chi connectivity index (χ3n) is 3.77. The van der Waals surface area contributed by atoms with Gasteiger partial charge in [0.25, 0.3) is 0 Å². The molecule has 0 spiro atoms. The number of hydrogen-bond donors (Lipinski definition) is 0. The van der Waals surface area contributed by atoms with Crippen molar-refractivity contribution in [1.82, 2.24) is 10.2 Å². The van der Waals surface area contributed by atoms with E-state index in [0.717, 1.165) is 5.56 Å². The maximum absolute atomic E-state index is 12.5. The van der Waals surface area contributed by atoms with Gasteiger partial charge in [0.1, 0.15) is 0 Å². The van der Waals surface area contributed by atoms with Crippen molar-refractivity contribution in [1.29, 1.82) is 0 Å². The summed E-state index contributed by atoms with van der Waals surface area (Å²) < 4.78 is 4.71. The van der Waals surface area contributed by atoms with Crippen molar-refractivity contribution in [2.75, 3.05) is 7.11 Å². The molecule has 0 fully saturated rings. The number of carbonyl (C=O) groups is 2. The van der Waals surface area contributed by atoms with Gasteiger partial charge in [-0.2, -0.15) is 5.10 Å². The fraction of sp³-hybridized carbons (Fsp3) is 0.100. The van der Waals surface area contributed by atoms with Crippen LogP contribution in [0.25, 0.3) is 11.1 Å². The van der Waals surface area contributed by atoms with Crippen LogP contribution in [0.5, 0.6) is 0 Å². The molecule has 1 aromatic heterocycles. The molecular formula is C20H16N2O3. The summed E-state index contributed by atoms with van der Waals surface area (Å²) >= 11 is 0. The normalized spacial score (nSPS) is 10.3. The average molecular weight is 332 g/mol. The Labute approximate surface area is 145 Å². The van der Waals surface area contributed by atoms with Gasteiger partial charge in [0.15, 0.2) is 11.5 Å². The quantitative estimate of drug-likeness (QED) is 0.529. The van der Waals surface area contributed by atoms with E-state index in [0.29, 0.717) is 16.8 Å². The minimum absolute atomic E-state index is 0.0575. The van der Waals surface area contributed by atoms with E-state index < -0.39 is 5.97 Å². The Morgan fingerprint density at radius 2 is 1.56 bits per heavy atom. The molecule has 0 N–H and O–H groups in total. The van der Waals surface area contributed by atoms with Crippen LogP contribution in [0.2, 0.25) is 0 Å². The zero-order valence-electron chi connectivity index (χ0n) is 13.7. The Balaban J connectivity index is 2.01. The summed E-state index contributed by atoms with van der Waals surface area (Å²) in [6.07, 6.45) is 0.0999. The molecule has 0 amide bonds. The second kappa shape index (κ2) is 7.49. The molecule has 0 atom stereocenters. The van der Waals surface area contributed by atoms with Crippen LogP contribution in [0.1, 0.15) is 26.5 Å². The van der Waals surface area contributed by atoms with Crippen molar-refractivity contribution in [3.05, 3.63) is 83.7 Å². The lowest BCUT2D eigenvalue weighted by atomic mass is 9.99. The van der Waals surface area contributed by atoms with Gasteiger partial charge in [-0.15, -0.1) is 5.10 Å². The van der Waals surface area contributed by atoms with Gasteiger partial charge in [-0.3, -0.25) is 4.79 Å². The molecule has 5 heteroatoms. The molecule has 1 heterocycles. The highest BCUT2D eigenvalue weighted by atomic mass is 16.5. The lowest BCUT2D eigenvalue weighted by Crippen LogP contribution is -2.11. The molecule has 0 aliphatic heterocycles. The van der Waals surface area contributed by atoms with Gasteiger partial charge in [0.05, 0.1) is 19.2 Å². The van der Waals surface area contributed by atoms with E-state index in [1.54, 1.807) is 18.2 Å².